The second-order valence-electron chi connectivity index (χ2n) is 5.95. The lowest BCUT2D eigenvalue weighted by atomic mass is 10.1. The first kappa shape index (κ1) is 12.5. The van der Waals surface area contributed by atoms with Crippen molar-refractivity contribution in [2.24, 2.45) is 0 Å². The topological polar surface area (TPSA) is 31.1 Å². The summed E-state index contributed by atoms with van der Waals surface area (Å²) in [6.07, 6.45) is 7.37. The monoisotopic (exact) mass is 257 g/mol. The van der Waals surface area contributed by atoms with Gasteiger partial charge in [0.2, 0.25) is 0 Å². The molecule has 1 aliphatic carbocycles. The average Bonchev–Trinajstić information content (AvgIpc) is 2.98. The number of nitrogens with one attached hydrogen (secondary N) is 2. The fourth-order valence-electron chi connectivity index (χ4n) is 3.09. The van der Waals surface area contributed by atoms with E-state index in [9.17, 15) is 0 Å². The minimum absolute atomic E-state index is 0.654. The zero-order valence-electron chi connectivity index (χ0n) is 11.9. The number of nitrogens with zero attached hydrogens (tertiary/aromatic N) is 1. The number of benzene rings is 1. The molecule has 0 amide bonds. The van der Waals surface area contributed by atoms with Crippen LogP contribution in [0.5, 0.6) is 0 Å². The van der Waals surface area contributed by atoms with Crippen molar-refractivity contribution in [2.75, 3.05) is 19.4 Å². The Morgan fingerprint density at radius 3 is 2.79 bits per heavy atom. The van der Waals surface area contributed by atoms with Crippen LogP contribution in [-0.2, 0) is 6.54 Å². The van der Waals surface area contributed by atoms with E-state index in [0.29, 0.717) is 6.04 Å². The molecule has 1 aromatic carbocycles. The van der Waals surface area contributed by atoms with Crippen LogP contribution in [0, 0.1) is 0 Å². The molecule has 0 spiro atoms. The Hall–Kier alpha value is -1.48. The van der Waals surface area contributed by atoms with Crippen molar-refractivity contribution in [3.63, 3.8) is 0 Å². The first-order chi connectivity index (χ1) is 9.22. The highest BCUT2D eigenvalue weighted by Crippen LogP contribution is 2.29. The normalized spacial score (nSPS) is 16.6. The number of rotatable bonds is 4. The molecule has 1 heterocycles. The number of aromatic nitrogens is 1. The van der Waals surface area contributed by atoms with Gasteiger partial charge in [-0.2, -0.15) is 0 Å². The molecule has 0 atom stereocenters. The highest BCUT2D eigenvalue weighted by Gasteiger charge is 2.16. The molecule has 19 heavy (non-hydrogen) atoms. The van der Waals surface area contributed by atoms with E-state index < -0.39 is 0 Å². The Bertz CT molecular complexity index is 550. The van der Waals surface area contributed by atoms with Crippen molar-refractivity contribution < 1.29 is 0 Å². The van der Waals surface area contributed by atoms with Crippen LogP contribution in [0.4, 0.5) is 5.69 Å². The first-order valence-electron chi connectivity index (χ1n) is 7.23. The van der Waals surface area contributed by atoms with E-state index in [1.807, 2.05) is 6.20 Å². The lowest BCUT2D eigenvalue weighted by Crippen LogP contribution is -2.16. The highest BCUT2D eigenvalue weighted by molar-refractivity contribution is 5.91. The molecular weight excluding hydrogens is 234 g/mol. The van der Waals surface area contributed by atoms with Crippen LogP contribution in [0.3, 0.4) is 0 Å². The number of aromatic amines is 1. The molecule has 0 aliphatic heterocycles. The largest absolute Gasteiger partial charge is 0.381 e. The van der Waals surface area contributed by atoms with Crippen LogP contribution in [0.1, 0.15) is 31.2 Å². The summed E-state index contributed by atoms with van der Waals surface area (Å²) in [5, 5.41) is 5.04. The van der Waals surface area contributed by atoms with E-state index in [2.05, 4.69) is 47.5 Å². The van der Waals surface area contributed by atoms with Crippen LogP contribution in [-0.4, -0.2) is 30.0 Å². The summed E-state index contributed by atoms with van der Waals surface area (Å²) >= 11 is 0. The third-order valence-corrected chi connectivity index (χ3v) is 3.93. The van der Waals surface area contributed by atoms with E-state index in [1.54, 1.807) is 0 Å². The molecule has 0 radical (unpaired) electrons. The summed E-state index contributed by atoms with van der Waals surface area (Å²) in [5.74, 6) is 0. The van der Waals surface area contributed by atoms with Crippen LogP contribution in [0.15, 0.2) is 24.4 Å². The first-order valence-corrected chi connectivity index (χ1v) is 7.23. The third kappa shape index (κ3) is 2.76. The Balaban J connectivity index is 1.92. The Kier molecular flexibility index (Phi) is 3.47. The van der Waals surface area contributed by atoms with Crippen molar-refractivity contribution in [1.29, 1.82) is 0 Å². The van der Waals surface area contributed by atoms with Gasteiger partial charge < -0.3 is 15.2 Å². The molecule has 1 saturated carbocycles. The van der Waals surface area contributed by atoms with Crippen LogP contribution < -0.4 is 5.32 Å². The lowest BCUT2D eigenvalue weighted by Gasteiger charge is -2.17. The molecular formula is C16H23N3. The minimum Gasteiger partial charge on any atom is -0.381 e. The predicted octanol–water partition coefficient (Wildman–Crippen LogP) is 3.58. The second-order valence-corrected chi connectivity index (χ2v) is 5.95. The Morgan fingerprint density at radius 2 is 2.05 bits per heavy atom. The van der Waals surface area contributed by atoms with Crippen molar-refractivity contribution in [2.45, 2.75) is 38.3 Å². The summed E-state index contributed by atoms with van der Waals surface area (Å²) in [5.41, 5.74) is 3.89. The van der Waals surface area contributed by atoms with E-state index in [1.165, 1.54) is 47.8 Å². The smallest absolute Gasteiger partial charge is 0.0689 e. The highest BCUT2D eigenvalue weighted by atomic mass is 15.0. The molecule has 0 bridgehead atoms. The molecule has 1 aliphatic rings. The van der Waals surface area contributed by atoms with Gasteiger partial charge in [0.1, 0.15) is 0 Å². The van der Waals surface area contributed by atoms with Crippen molar-refractivity contribution in [3.8, 4) is 0 Å². The van der Waals surface area contributed by atoms with E-state index in [0.717, 1.165) is 6.54 Å². The number of anilines is 1. The van der Waals surface area contributed by atoms with Crippen LogP contribution in [0.25, 0.3) is 10.9 Å². The summed E-state index contributed by atoms with van der Waals surface area (Å²) in [6.45, 7) is 0.987. The van der Waals surface area contributed by atoms with Gasteiger partial charge in [-0.3, -0.25) is 0 Å². The van der Waals surface area contributed by atoms with Crippen LogP contribution in [0.2, 0.25) is 0 Å². The predicted molar refractivity (Wildman–Crippen MR) is 81.6 cm³/mol. The fraction of sp³-hybridized carbons (Fsp3) is 0.500. The van der Waals surface area contributed by atoms with Gasteiger partial charge in [0.15, 0.2) is 0 Å². The Morgan fingerprint density at radius 1 is 1.26 bits per heavy atom. The van der Waals surface area contributed by atoms with E-state index in [-0.39, 0.29) is 0 Å². The van der Waals surface area contributed by atoms with E-state index >= 15 is 0 Å². The fourth-order valence-corrected chi connectivity index (χ4v) is 3.09. The van der Waals surface area contributed by atoms with Gasteiger partial charge in [-0.15, -0.1) is 0 Å². The van der Waals surface area contributed by atoms with Gasteiger partial charge in [-0.25, -0.2) is 0 Å². The molecule has 102 valence electrons. The summed E-state index contributed by atoms with van der Waals surface area (Å²) in [7, 11) is 4.23. The third-order valence-electron chi connectivity index (χ3n) is 3.93. The van der Waals surface area contributed by atoms with Crippen molar-refractivity contribution in [3.05, 3.63) is 30.0 Å². The second kappa shape index (κ2) is 5.25. The maximum Gasteiger partial charge on any atom is 0.0689 e. The van der Waals surface area contributed by atoms with Crippen molar-refractivity contribution in [1.82, 2.24) is 9.88 Å². The zero-order chi connectivity index (χ0) is 13.2. The van der Waals surface area contributed by atoms with Gasteiger partial charge in [0.05, 0.1) is 11.2 Å². The molecule has 3 nitrogen and oxygen atoms in total. The van der Waals surface area contributed by atoms with Gasteiger partial charge in [0.25, 0.3) is 0 Å². The zero-order valence-corrected chi connectivity index (χ0v) is 11.9. The summed E-state index contributed by atoms with van der Waals surface area (Å²) in [6, 6.07) is 7.40. The summed E-state index contributed by atoms with van der Waals surface area (Å²) in [4.78, 5) is 5.58. The molecule has 2 aromatic rings. The molecule has 2 N–H and O–H groups in total. The number of fused-ring (bicyclic) bond motifs is 1. The molecule has 0 unspecified atom stereocenters. The number of H-pyrrole nitrogens is 1. The molecule has 1 fully saturated rings. The SMILES string of the molecule is CN(C)Cc1cc(NC2CCCC2)c2[nH]ccc2c1. The molecule has 0 saturated heterocycles. The molecule has 1 aromatic heterocycles. The Labute approximate surface area is 115 Å². The molecule has 3 heteroatoms. The van der Waals surface area contributed by atoms with Crippen molar-refractivity contribution >= 4 is 16.6 Å². The van der Waals surface area contributed by atoms with Gasteiger partial charge in [-0.1, -0.05) is 12.8 Å². The van der Waals surface area contributed by atoms with Gasteiger partial charge in [-0.05, 0) is 50.7 Å². The standard InChI is InChI=1S/C16H23N3/c1-19(2)11-12-9-13-7-8-17-16(13)15(10-12)18-14-5-3-4-6-14/h7-10,14,17-18H,3-6,11H2,1-2H3. The maximum atomic E-state index is 3.73. The molecule has 3 rings (SSSR count). The van der Waals surface area contributed by atoms with Gasteiger partial charge in [0, 0.05) is 24.2 Å². The quantitative estimate of drug-likeness (QED) is 0.877. The number of hydrogen-bond acceptors (Lipinski definition) is 2. The minimum atomic E-state index is 0.654. The van der Waals surface area contributed by atoms with E-state index in [4.69, 9.17) is 0 Å². The number of hydrogen-bond donors (Lipinski definition) is 2. The lowest BCUT2D eigenvalue weighted by molar-refractivity contribution is 0.403. The van der Waals surface area contributed by atoms with Crippen LogP contribution >= 0.6 is 0 Å². The summed E-state index contributed by atoms with van der Waals surface area (Å²) < 4.78 is 0. The maximum absolute atomic E-state index is 3.73. The average molecular weight is 257 g/mol. The van der Waals surface area contributed by atoms with Gasteiger partial charge >= 0.3 is 0 Å².